The van der Waals surface area contributed by atoms with E-state index in [-0.39, 0.29) is 43.8 Å². The third-order valence-corrected chi connectivity index (χ3v) is 8.24. The number of rotatable bonds is 8. The lowest BCUT2D eigenvalue weighted by Gasteiger charge is -2.32. The number of aliphatic hydroxyl groups is 2. The van der Waals surface area contributed by atoms with Gasteiger partial charge in [-0.15, -0.1) is 0 Å². The van der Waals surface area contributed by atoms with Crippen LogP contribution in [0.3, 0.4) is 0 Å². The van der Waals surface area contributed by atoms with Crippen molar-refractivity contribution in [1.82, 2.24) is 20.4 Å². The summed E-state index contributed by atoms with van der Waals surface area (Å²) < 4.78 is 11.4. The van der Waals surface area contributed by atoms with E-state index in [1.165, 1.54) is 11.2 Å². The maximum atomic E-state index is 12.7. The Kier molecular flexibility index (Phi) is 8.10. The van der Waals surface area contributed by atoms with Crippen molar-refractivity contribution in [3.8, 4) is 11.1 Å². The normalized spacial score (nSPS) is 25.5. The Labute approximate surface area is 248 Å². The number of ether oxygens (including phenoxy) is 2. The van der Waals surface area contributed by atoms with Gasteiger partial charge < -0.3 is 29.5 Å². The van der Waals surface area contributed by atoms with Crippen molar-refractivity contribution in [1.29, 1.82) is 0 Å². The van der Waals surface area contributed by atoms with Crippen molar-refractivity contribution in [2.24, 2.45) is 9.98 Å². The van der Waals surface area contributed by atoms with E-state index in [9.17, 15) is 24.6 Å². The maximum absolute atomic E-state index is 12.7. The summed E-state index contributed by atoms with van der Waals surface area (Å²) in [6.45, 7) is 0.173. The van der Waals surface area contributed by atoms with Gasteiger partial charge >= 0.3 is 6.09 Å². The van der Waals surface area contributed by atoms with Crippen molar-refractivity contribution in [3.63, 3.8) is 0 Å². The summed E-state index contributed by atoms with van der Waals surface area (Å²) in [6.07, 6.45) is -1.31. The molecule has 1 aliphatic carbocycles. The van der Waals surface area contributed by atoms with Crippen LogP contribution in [0.25, 0.3) is 11.1 Å². The standard InChI is InChI=1S/C30H34N6O7/c1-35(30(41)42-15-21-19-9-4-2-7-17(19)18-8-3-5-10-20(18)21)12-6-11-24(39)32-29-33-27-26(28(40)34-29)31-16-36(27)25-13-22(38)23(14-37)43-25/h2-5,7-10,16,21-23,25-27,37-38H,6,11-15H2,1H3,(H2,32,33,34,39,40)/t22?,23-,25-,26?,27?/m1/s1. The molecular weight excluding hydrogens is 556 g/mol. The minimum Gasteiger partial charge on any atom is -0.448 e. The van der Waals surface area contributed by atoms with E-state index in [0.717, 1.165) is 22.3 Å². The molecule has 13 heteroatoms. The van der Waals surface area contributed by atoms with E-state index in [1.807, 2.05) is 24.3 Å². The van der Waals surface area contributed by atoms with Gasteiger partial charge in [-0.05, 0) is 28.7 Å². The van der Waals surface area contributed by atoms with Crippen LogP contribution in [0.15, 0.2) is 58.5 Å². The molecule has 0 spiro atoms. The van der Waals surface area contributed by atoms with Crippen LogP contribution >= 0.6 is 0 Å². The Morgan fingerprint density at radius 2 is 1.86 bits per heavy atom. The molecule has 3 aliphatic heterocycles. The fourth-order valence-corrected chi connectivity index (χ4v) is 5.99. The monoisotopic (exact) mass is 590 g/mol. The Morgan fingerprint density at radius 3 is 2.53 bits per heavy atom. The first kappa shape index (κ1) is 28.8. The molecule has 6 rings (SSSR count). The van der Waals surface area contributed by atoms with Gasteiger partial charge in [0.1, 0.15) is 18.9 Å². The number of hydrogen-bond donors (Lipinski definition) is 4. The first-order chi connectivity index (χ1) is 20.8. The van der Waals surface area contributed by atoms with Gasteiger partial charge in [0.15, 0.2) is 12.2 Å². The largest absolute Gasteiger partial charge is 0.448 e. The molecule has 3 unspecified atom stereocenters. The quantitative estimate of drug-likeness (QED) is 0.350. The summed E-state index contributed by atoms with van der Waals surface area (Å²) >= 11 is 0. The lowest BCUT2D eigenvalue weighted by Crippen LogP contribution is -2.57. The molecular formula is C30H34N6O7. The van der Waals surface area contributed by atoms with E-state index in [4.69, 9.17) is 9.47 Å². The van der Waals surface area contributed by atoms with Crippen molar-refractivity contribution in [2.45, 2.75) is 55.8 Å². The zero-order valence-electron chi connectivity index (χ0n) is 23.6. The molecule has 5 atom stereocenters. The zero-order valence-corrected chi connectivity index (χ0v) is 23.6. The number of fused-ring (bicyclic) bond motifs is 4. The second kappa shape index (κ2) is 12.1. The number of amides is 3. The molecule has 3 heterocycles. The van der Waals surface area contributed by atoms with E-state index in [2.05, 4.69) is 44.9 Å². The molecule has 1 saturated heterocycles. The van der Waals surface area contributed by atoms with Crippen molar-refractivity contribution in [2.75, 3.05) is 26.8 Å². The SMILES string of the molecule is CN(CCCC(=O)NC1=NC2C(N=CN2[C@H]2CC(O)[C@@H](CO)O2)C(=O)N1)C(=O)OCC1c2ccccc2-c2ccccc21. The number of carbonyl (C=O) groups excluding carboxylic acids is 3. The first-order valence-corrected chi connectivity index (χ1v) is 14.3. The average Bonchev–Trinajstić information content (AvgIpc) is 3.69. The Hall–Kier alpha value is -4.33. The van der Waals surface area contributed by atoms with E-state index >= 15 is 0 Å². The smallest absolute Gasteiger partial charge is 0.409 e. The number of carbonyl (C=O) groups is 3. The third kappa shape index (κ3) is 5.70. The molecule has 43 heavy (non-hydrogen) atoms. The number of guanidine groups is 1. The first-order valence-electron chi connectivity index (χ1n) is 14.3. The molecule has 3 amide bonds. The number of nitrogens with one attached hydrogen (secondary N) is 2. The van der Waals surface area contributed by atoms with Crippen LogP contribution in [-0.4, -0.2) is 108 Å². The van der Waals surface area contributed by atoms with Crippen LogP contribution in [-0.2, 0) is 19.1 Å². The number of benzene rings is 2. The highest BCUT2D eigenvalue weighted by atomic mass is 16.6. The number of aliphatic imine (C=N–C) groups is 2. The van der Waals surface area contributed by atoms with Crippen LogP contribution < -0.4 is 10.6 Å². The molecule has 0 bridgehead atoms. The lowest BCUT2D eigenvalue weighted by atomic mass is 9.98. The lowest BCUT2D eigenvalue weighted by molar-refractivity contribution is -0.123. The molecule has 0 saturated carbocycles. The predicted molar refractivity (Wildman–Crippen MR) is 155 cm³/mol. The molecule has 1 fully saturated rings. The summed E-state index contributed by atoms with van der Waals surface area (Å²) in [7, 11) is 1.63. The second-order valence-electron chi connectivity index (χ2n) is 11.0. The van der Waals surface area contributed by atoms with Crippen molar-refractivity contribution < 1.29 is 34.1 Å². The molecule has 4 aliphatic rings. The van der Waals surface area contributed by atoms with E-state index in [1.54, 1.807) is 11.9 Å². The average molecular weight is 591 g/mol. The number of nitrogens with zero attached hydrogens (tertiary/aromatic N) is 4. The van der Waals surface area contributed by atoms with Gasteiger partial charge in [0.05, 0.1) is 19.0 Å². The summed E-state index contributed by atoms with van der Waals surface area (Å²) in [4.78, 5) is 49.7. The van der Waals surface area contributed by atoms with Crippen LogP contribution in [0, 0.1) is 0 Å². The van der Waals surface area contributed by atoms with E-state index in [0.29, 0.717) is 13.0 Å². The molecule has 2 aromatic carbocycles. The van der Waals surface area contributed by atoms with Gasteiger partial charge in [-0.2, -0.15) is 0 Å². The zero-order chi connectivity index (χ0) is 30.1. The van der Waals surface area contributed by atoms with Crippen LogP contribution in [0.1, 0.15) is 36.3 Å². The topological polar surface area (TPSA) is 165 Å². The summed E-state index contributed by atoms with van der Waals surface area (Å²) in [5, 5.41) is 24.6. The van der Waals surface area contributed by atoms with Gasteiger partial charge in [0.2, 0.25) is 11.9 Å². The van der Waals surface area contributed by atoms with Gasteiger partial charge in [-0.25, -0.2) is 9.79 Å². The summed E-state index contributed by atoms with van der Waals surface area (Å²) in [6, 6.07) is 15.4. The Balaban J connectivity index is 0.975. The molecule has 2 aromatic rings. The van der Waals surface area contributed by atoms with Crippen LogP contribution in [0.5, 0.6) is 0 Å². The van der Waals surface area contributed by atoms with Crippen LogP contribution in [0.4, 0.5) is 4.79 Å². The fraction of sp³-hybridized carbons (Fsp3) is 0.433. The highest BCUT2D eigenvalue weighted by molar-refractivity contribution is 6.08. The van der Waals surface area contributed by atoms with Gasteiger partial charge in [-0.3, -0.25) is 25.2 Å². The molecule has 4 N–H and O–H groups in total. The minimum atomic E-state index is -0.852. The Bertz CT molecular complexity index is 1420. The maximum Gasteiger partial charge on any atom is 0.409 e. The minimum absolute atomic E-state index is 0.00565. The highest BCUT2D eigenvalue weighted by Gasteiger charge is 2.46. The number of hydrogen-bond acceptors (Lipinski definition) is 10. The van der Waals surface area contributed by atoms with Crippen LogP contribution in [0.2, 0.25) is 0 Å². The van der Waals surface area contributed by atoms with Gasteiger partial charge in [0.25, 0.3) is 5.91 Å². The fourth-order valence-electron chi connectivity index (χ4n) is 5.99. The van der Waals surface area contributed by atoms with Crippen molar-refractivity contribution in [3.05, 3.63) is 59.7 Å². The Morgan fingerprint density at radius 1 is 1.16 bits per heavy atom. The summed E-state index contributed by atoms with van der Waals surface area (Å²) in [5.41, 5.74) is 4.58. The molecule has 13 nitrogen and oxygen atoms in total. The predicted octanol–water partition coefficient (Wildman–Crippen LogP) is 0.756. The van der Waals surface area contributed by atoms with Gasteiger partial charge in [0, 0.05) is 32.4 Å². The molecule has 0 radical (unpaired) electrons. The third-order valence-electron chi connectivity index (χ3n) is 8.24. The second-order valence-corrected chi connectivity index (χ2v) is 11.0. The van der Waals surface area contributed by atoms with Crippen molar-refractivity contribution >= 4 is 30.2 Å². The molecule has 0 aromatic heterocycles. The summed E-state index contributed by atoms with van der Waals surface area (Å²) in [5.74, 6) is -0.851. The van der Waals surface area contributed by atoms with E-state index < -0.39 is 42.6 Å². The highest BCUT2D eigenvalue weighted by Crippen LogP contribution is 2.44. The number of aliphatic hydroxyl groups excluding tert-OH is 2. The van der Waals surface area contributed by atoms with Gasteiger partial charge in [-0.1, -0.05) is 48.5 Å². The molecule has 226 valence electrons.